The highest BCUT2D eigenvalue weighted by atomic mass is 16.5. The van der Waals surface area contributed by atoms with Crippen molar-refractivity contribution in [2.75, 3.05) is 18.5 Å². The van der Waals surface area contributed by atoms with Gasteiger partial charge in [-0.2, -0.15) is 0 Å². The van der Waals surface area contributed by atoms with Crippen LogP contribution in [-0.2, 0) is 14.3 Å². The molecule has 0 heterocycles. The van der Waals surface area contributed by atoms with Crippen LogP contribution in [0, 0.1) is 0 Å². The van der Waals surface area contributed by atoms with E-state index in [2.05, 4.69) is 10.6 Å². The van der Waals surface area contributed by atoms with Gasteiger partial charge in [0.05, 0.1) is 6.61 Å². The minimum atomic E-state index is -1.01. The Morgan fingerprint density at radius 2 is 1.65 bits per heavy atom. The van der Waals surface area contributed by atoms with E-state index >= 15 is 0 Å². The van der Waals surface area contributed by atoms with Gasteiger partial charge in [0.1, 0.15) is 12.3 Å². The number of anilines is 1. The standard InChI is InChI=1S/C24H24N2O5/c1-3-30-21-12-9-18(10-13-21)24(29)25-15-22(27)31-16(2)23(28)26-20-11-8-17-6-4-5-7-19(17)14-20/h4-14,16H,3,15H2,1-2H3,(H,25,29)(H,26,28)/t16-/m0/s1. The molecular formula is C24H24N2O5. The third-order valence-corrected chi connectivity index (χ3v) is 4.52. The van der Waals surface area contributed by atoms with Crippen LogP contribution in [0.3, 0.4) is 0 Å². The van der Waals surface area contributed by atoms with E-state index in [4.69, 9.17) is 9.47 Å². The first-order chi connectivity index (χ1) is 15.0. The second kappa shape index (κ2) is 10.2. The number of carbonyl (C=O) groups is 3. The van der Waals surface area contributed by atoms with Gasteiger partial charge < -0.3 is 20.1 Å². The Labute approximate surface area is 180 Å². The number of hydrogen-bond acceptors (Lipinski definition) is 5. The molecule has 0 aliphatic carbocycles. The van der Waals surface area contributed by atoms with Crippen LogP contribution in [0.25, 0.3) is 10.8 Å². The van der Waals surface area contributed by atoms with Crippen LogP contribution in [0.4, 0.5) is 5.69 Å². The summed E-state index contributed by atoms with van der Waals surface area (Å²) in [6, 6.07) is 19.9. The number of benzene rings is 3. The van der Waals surface area contributed by atoms with E-state index in [0.29, 0.717) is 23.6 Å². The number of rotatable bonds is 8. The molecule has 7 nitrogen and oxygen atoms in total. The minimum absolute atomic E-state index is 0.348. The minimum Gasteiger partial charge on any atom is -0.494 e. The van der Waals surface area contributed by atoms with Crippen LogP contribution >= 0.6 is 0 Å². The molecule has 2 N–H and O–H groups in total. The summed E-state index contributed by atoms with van der Waals surface area (Å²) >= 11 is 0. The molecule has 1 atom stereocenters. The molecule has 0 fully saturated rings. The van der Waals surface area contributed by atoms with Crippen LogP contribution in [-0.4, -0.2) is 37.0 Å². The third kappa shape index (κ3) is 6.05. The Morgan fingerprint density at radius 1 is 0.935 bits per heavy atom. The van der Waals surface area contributed by atoms with Gasteiger partial charge in [0, 0.05) is 11.3 Å². The highest BCUT2D eigenvalue weighted by molar-refractivity contribution is 5.98. The van der Waals surface area contributed by atoms with Gasteiger partial charge >= 0.3 is 5.97 Å². The maximum atomic E-state index is 12.3. The lowest BCUT2D eigenvalue weighted by atomic mass is 10.1. The lowest BCUT2D eigenvalue weighted by Gasteiger charge is -2.14. The van der Waals surface area contributed by atoms with Crippen molar-refractivity contribution < 1.29 is 23.9 Å². The highest BCUT2D eigenvalue weighted by Gasteiger charge is 2.18. The smallest absolute Gasteiger partial charge is 0.326 e. The normalized spacial score (nSPS) is 11.4. The van der Waals surface area contributed by atoms with Crippen LogP contribution < -0.4 is 15.4 Å². The second-order valence-corrected chi connectivity index (χ2v) is 6.82. The fraction of sp³-hybridized carbons (Fsp3) is 0.208. The summed E-state index contributed by atoms with van der Waals surface area (Å²) in [5, 5.41) is 7.25. The Balaban J connectivity index is 1.47. The summed E-state index contributed by atoms with van der Waals surface area (Å²) in [7, 11) is 0. The first-order valence-electron chi connectivity index (χ1n) is 9.96. The first-order valence-corrected chi connectivity index (χ1v) is 9.96. The maximum absolute atomic E-state index is 12.3. The average Bonchev–Trinajstić information content (AvgIpc) is 2.78. The quantitative estimate of drug-likeness (QED) is 0.544. The van der Waals surface area contributed by atoms with Crippen LogP contribution in [0.1, 0.15) is 24.2 Å². The molecule has 0 saturated heterocycles. The number of esters is 1. The predicted molar refractivity (Wildman–Crippen MR) is 118 cm³/mol. The molecule has 0 aliphatic heterocycles. The molecule has 0 spiro atoms. The Bertz CT molecular complexity index is 1080. The average molecular weight is 420 g/mol. The molecular weight excluding hydrogens is 396 g/mol. The zero-order chi connectivity index (χ0) is 22.2. The second-order valence-electron chi connectivity index (χ2n) is 6.82. The summed E-state index contributed by atoms with van der Waals surface area (Å²) in [4.78, 5) is 36.5. The summed E-state index contributed by atoms with van der Waals surface area (Å²) in [6.45, 7) is 3.53. The van der Waals surface area contributed by atoms with Gasteiger partial charge in [-0.3, -0.25) is 14.4 Å². The lowest BCUT2D eigenvalue weighted by Crippen LogP contribution is -2.35. The molecule has 0 unspecified atom stereocenters. The maximum Gasteiger partial charge on any atom is 0.326 e. The van der Waals surface area contributed by atoms with Crippen molar-refractivity contribution in [3.8, 4) is 5.75 Å². The van der Waals surface area contributed by atoms with Crippen molar-refractivity contribution in [2.45, 2.75) is 20.0 Å². The van der Waals surface area contributed by atoms with Crippen LogP contribution in [0.2, 0.25) is 0 Å². The molecule has 7 heteroatoms. The lowest BCUT2D eigenvalue weighted by molar-refractivity contribution is -0.152. The van der Waals surface area contributed by atoms with Crippen LogP contribution in [0.5, 0.6) is 5.75 Å². The Hall–Kier alpha value is -3.87. The summed E-state index contributed by atoms with van der Waals surface area (Å²) in [5.74, 6) is -0.931. The first kappa shape index (κ1) is 21.8. The van der Waals surface area contributed by atoms with E-state index < -0.39 is 23.9 Å². The zero-order valence-corrected chi connectivity index (χ0v) is 17.4. The highest BCUT2D eigenvalue weighted by Crippen LogP contribution is 2.19. The van der Waals surface area contributed by atoms with Crippen molar-refractivity contribution in [1.29, 1.82) is 0 Å². The summed E-state index contributed by atoms with van der Waals surface area (Å²) < 4.78 is 10.4. The van der Waals surface area contributed by atoms with Gasteiger partial charge in [0.25, 0.3) is 11.8 Å². The monoisotopic (exact) mass is 420 g/mol. The van der Waals surface area contributed by atoms with E-state index in [1.54, 1.807) is 30.3 Å². The van der Waals surface area contributed by atoms with Crippen molar-refractivity contribution in [2.24, 2.45) is 0 Å². The Morgan fingerprint density at radius 3 is 2.35 bits per heavy atom. The van der Waals surface area contributed by atoms with E-state index in [1.165, 1.54) is 6.92 Å². The number of fused-ring (bicyclic) bond motifs is 1. The molecule has 3 aromatic carbocycles. The van der Waals surface area contributed by atoms with Gasteiger partial charge in [-0.25, -0.2) is 0 Å². The molecule has 3 aromatic rings. The topological polar surface area (TPSA) is 93.7 Å². The third-order valence-electron chi connectivity index (χ3n) is 4.52. The molecule has 0 aromatic heterocycles. The van der Waals surface area contributed by atoms with E-state index in [9.17, 15) is 14.4 Å². The van der Waals surface area contributed by atoms with E-state index in [0.717, 1.165) is 10.8 Å². The molecule has 0 bridgehead atoms. The number of ether oxygens (including phenoxy) is 2. The van der Waals surface area contributed by atoms with Crippen molar-refractivity contribution in [3.63, 3.8) is 0 Å². The summed E-state index contributed by atoms with van der Waals surface area (Å²) in [6.07, 6.45) is -1.01. The van der Waals surface area contributed by atoms with Crippen molar-refractivity contribution >= 4 is 34.2 Å². The number of nitrogens with one attached hydrogen (secondary N) is 2. The number of carbonyl (C=O) groups excluding carboxylic acids is 3. The van der Waals surface area contributed by atoms with Crippen molar-refractivity contribution in [1.82, 2.24) is 5.32 Å². The molecule has 0 aliphatic rings. The largest absolute Gasteiger partial charge is 0.494 e. The summed E-state index contributed by atoms with van der Waals surface area (Å²) in [5.41, 5.74) is 0.994. The number of hydrogen-bond donors (Lipinski definition) is 2. The molecule has 0 saturated carbocycles. The van der Waals surface area contributed by atoms with Gasteiger partial charge in [0.15, 0.2) is 6.10 Å². The zero-order valence-electron chi connectivity index (χ0n) is 17.4. The van der Waals surface area contributed by atoms with Crippen LogP contribution in [0.15, 0.2) is 66.7 Å². The SMILES string of the molecule is CCOc1ccc(C(=O)NCC(=O)O[C@@H](C)C(=O)Nc2ccc3ccccc3c2)cc1. The molecule has 160 valence electrons. The Kier molecular flexibility index (Phi) is 7.22. The fourth-order valence-corrected chi connectivity index (χ4v) is 2.93. The molecule has 3 rings (SSSR count). The van der Waals surface area contributed by atoms with E-state index in [1.807, 2.05) is 43.3 Å². The molecule has 31 heavy (non-hydrogen) atoms. The van der Waals surface area contributed by atoms with E-state index in [-0.39, 0.29) is 6.54 Å². The van der Waals surface area contributed by atoms with Gasteiger partial charge in [-0.15, -0.1) is 0 Å². The van der Waals surface area contributed by atoms with Gasteiger partial charge in [-0.1, -0.05) is 30.3 Å². The van der Waals surface area contributed by atoms with Gasteiger partial charge in [-0.05, 0) is 61.0 Å². The molecule has 0 radical (unpaired) electrons. The van der Waals surface area contributed by atoms with Gasteiger partial charge in [0.2, 0.25) is 0 Å². The molecule has 2 amide bonds. The predicted octanol–water partition coefficient (Wildman–Crippen LogP) is 3.54. The van der Waals surface area contributed by atoms with Crippen molar-refractivity contribution in [3.05, 3.63) is 72.3 Å². The number of amides is 2. The fourth-order valence-electron chi connectivity index (χ4n) is 2.93.